The number of hydrogen-bond donors (Lipinski definition) is 0. The molecular formula is C26H23NO7. The Morgan fingerprint density at radius 1 is 0.971 bits per heavy atom. The van der Waals surface area contributed by atoms with Gasteiger partial charge in [-0.05, 0) is 43.2 Å². The molecule has 2 aromatic carbocycles. The van der Waals surface area contributed by atoms with Crippen molar-refractivity contribution >= 4 is 28.8 Å². The number of amides is 2. The zero-order valence-electron chi connectivity index (χ0n) is 18.7. The number of carbonyl (C=O) groups is 3. The molecule has 0 bridgehead atoms. The summed E-state index contributed by atoms with van der Waals surface area (Å²) in [6, 6.07) is 10.6. The van der Waals surface area contributed by atoms with Crippen molar-refractivity contribution in [1.82, 2.24) is 4.90 Å². The average molecular weight is 461 g/mol. The second-order valence-corrected chi connectivity index (χ2v) is 8.56. The highest BCUT2D eigenvalue weighted by Gasteiger charge is 2.40. The van der Waals surface area contributed by atoms with Crippen LogP contribution in [-0.2, 0) is 11.3 Å². The minimum atomic E-state index is -0.658. The maximum atomic E-state index is 13.0. The van der Waals surface area contributed by atoms with Gasteiger partial charge in [-0.3, -0.25) is 14.5 Å². The number of benzene rings is 2. The largest absolute Gasteiger partial charge is 0.497 e. The SMILES string of the molecule is COc1ccc2c(COC(=O)c3ccc4c(c3)C(=O)N(C3CCCCC3)C4=O)cc(=O)oc2c1. The highest BCUT2D eigenvalue weighted by molar-refractivity contribution is 6.22. The summed E-state index contributed by atoms with van der Waals surface area (Å²) in [5.74, 6) is -0.787. The van der Waals surface area contributed by atoms with E-state index in [1.807, 2.05) is 0 Å². The number of esters is 1. The van der Waals surface area contributed by atoms with Crippen LogP contribution in [0.5, 0.6) is 5.75 Å². The third-order valence-electron chi connectivity index (χ3n) is 6.49. The number of fused-ring (bicyclic) bond motifs is 2. The molecule has 1 aromatic heterocycles. The third-order valence-corrected chi connectivity index (χ3v) is 6.49. The van der Waals surface area contributed by atoms with Gasteiger partial charge in [-0.25, -0.2) is 9.59 Å². The molecule has 8 nitrogen and oxygen atoms in total. The number of imide groups is 1. The molecular weight excluding hydrogens is 438 g/mol. The van der Waals surface area contributed by atoms with Crippen LogP contribution in [0, 0.1) is 0 Å². The normalized spacial score (nSPS) is 16.1. The number of nitrogens with zero attached hydrogens (tertiary/aromatic N) is 1. The van der Waals surface area contributed by atoms with E-state index in [2.05, 4.69) is 0 Å². The quantitative estimate of drug-likeness (QED) is 0.320. The number of carbonyl (C=O) groups excluding carboxylic acids is 3. The number of hydrogen-bond acceptors (Lipinski definition) is 7. The molecule has 1 saturated carbocycles. The highest BCUT2D eigenvalue weighted by atomic mass is 16.5. The van der Waals surface area contributed by atoms with E-state index in [9.17, 15) is 19.2 Å². The van der Waals surface area contributed by atoms with Crippen molar-refractivity contribution in [2.45, 2.75) is 44.8 Å². The lowest BCUT2D eigenvalue weighted by molar-refractivity contribution is 0.0473. The van der Waals surface area contributed by atoms with Crippen molar-refractivity contribution in [1.29, 1.82) is 0 Å². The summed E-state index contributed by atoms with van der Waals surface area (Å²) in [6.45, 7) is -0.161. The molecule has 0 unspecified atom stereocenters. The molecule has 174 valence electrons. The van der Waals surface area contributed by atoms with Crippen molar-refractivity contribution in [3.63, 3.8) is 0 Å². The van der Waals surface area contributed by atoms with Crippen LogP contribution in [0.3, 0.4) is 0 Å². The maximum absolute atomic E-state index is 13.0. The summed E-state index contributed by atoms with van der Waals surface area (Å²) in [5, 5.41) is 0.617. The summed E-state index contributed by atoms with van der Waals surface area (Å²) in [4.78, 5) is 51.9. The molecule has 1 fully saturated rings. The predicted molar refractivity (Wildman–Crippen MR) is 122 cm³/mol. The van der Waals surface area contributed by atoms with Gasteiger partial charge in [0, 0.05) is 29.1 Å². The smallest absolute Gasteiger partial charge is 0.338 e. The fraction of sp³-hybridized carbons (Fsp3) is 0.308. The zero-order chi connectivity index (χ0) is 23.8. The van der Waals surface area contributed by atoms with Crippen LogP contribution in [0.25, 0.3) is 11.0 Å². The van der Waals surface area contributed by atoms with E-state index in [1.54, 1.807) is 18.2 Å². The Bertz CT molecular complexity index is 1370. The molecule has 2 aliphatic rings. The van der Waals surface area contributed by atoms with Crippen molar-refractivity contribution in [3.8, 4) is 5.75 Å². The molecule has 1 aliphatic carbocycles. The minimum Gasteiger partial charge on any atom is -0.497 e. The fourth-order valence-electron chi connectivity index (χ4n) is 4.74. The van der Waals surface area contributed by atoms with Gasteiger partial charge in [-0.15, -0.1) is 0 Å². The monoisotopic (exact) mass is 461 g/mol. The van der Waals surface area contributed by atoms with Gasteiger partial charge in [0.25, 0.3) is 11.8 Å². The van der Waals surface area contributed by atoms with Gasteiger partial charge in [0.05, 0.1) is 23.8 Å². The van der Waals surface area contributed by atoms with Gasteiger partial charge in [0.1, 0.15) is 17.9 Å². The molecule has 0 N–H and O–H groups in total. The van der Waals surface area contributed by atoms with Gasteiger partial charge in [0.2, 0.25) is 0 Å². The van der Waals surface area contributed by atoms with Crippen molar-refractivity contribution < 1.29 is 28.3 Å². The summed E-state index contributed by atoms with van der Waals surface area (Å²) >= 11 is 0. The topological polar surface area (TPSA) is 103 Å². The lowest BCUT2D eigenvalue weighted by Gasteiger charge is -2.29. The molecule has 34 heavy (non-hydrogen) atoms. The Hall–Kier alpha value is -3.94. The summed E-state index contributed by atoms with van der Waals surface area (Å²) < 4.78 is 15.8. The Morgan fingerprint density at radius 3 is 2.50 bits per heavy atom. The van der Waals surface area contributed by atoms with E-state index in [0.29, 0.717) is 27.8 Å². The van der Waals surface area contributed by atoms with E-state index in [0.717, 1.165) is 32.1 Å². The Morgan fingerprint density at radius 2 is 1.74 bits per heavy atom. The van der Waals surface area contributed by atoms with Gasteiger partial charge in [-0.1, -0.05) is 19.3 Å². The molecule has 5 rings (SSSR count). The van der Waals surface area contributed by atoms with Gasteiger partial charge >= 0.3 is 11.6 Å². The van der Waals surface area contributed by atoms with E-state index < -0.39 is 11.6 Å². The van der Waals surface area contributed by atoms with Crippen LogP contribution >= 0.6 is 0 Å². The molecule has 1 aliphatic heterocycles. The van der Waals surface area contributed by atoms with Crippen LogP contribution in [-0.4, -0.2) is 35.8 Å². The average Bonchev–Trinajstić information content (AvgIpc) is 3.11. The van der Waals surface area contributed by atoms with Crippen LogP contribution in [0.1, 0.15) is 68.7 Å². The standard InChI is InChI=1S/C26H23NO7/c1-32-18-8-10-19-16(12-23(28)34-22(19)13-18)14-33-26(31)15-7-9-20-21(11-15)25(30)27(24(20)29)17-5-3-2-4-6-17/h7-13,17H,2-6,14H2,1H3. The summed E-state index contributed by atoms with van der Waals surface area (Å²) in [7, 11) is 1.51. The Labute approximate surface area is 195 Å². The lowest BCUT2D eigenvalue weighted by Crippen LogP contribution is -2.40. The second kappa shape index (κ2) is 8.78. The van der Waals surface area contributed by atoms with Gasteiger partial charge < -0.3 is 13.9 Å². The van der Waals surface area contributed by atoms with E-state index in [-0.39, 0.29) is 35.6 Å². The second-order valence-electron chi connectivity index (χ2n) is 8.56. The van der Waals surface area contributed by atoms with Crippen LogP contribution < -0.4 is 10.4 Å². The van der Waals surface area contributed by atoms with Crippen molar-refractivity contribution in [2.75, 3.05) is 7.11 Å². The number of rotatable bonds is 5. The molecule has 2 amide bonds. The van der Waals surface area contributed by atoms with Crippen molar-refractivity contribution in [3.05, 3.63) is 75.1 Å². The molecule has 0 saturated heterocycles. The molecule has 0 atom stereocenters. The van der Waals surface area contributed by atoms with Gasteiger partial charge in [0.15, 0.2) is 0 Å². The van der Waals surface area contributed by atoms with Crippen LogP contribution in [0.4, 0.5) is 0 Å². The summed E-state index contributed by atoms with van der Waals surface area (Å²) in [6.07, 6.45) is 4.72. The van der Waals surface area contributed by atoms with Crippen molar-refractivity contribution in [2.24, 2.45) is 0 Å². The first-order valence-electron chi connectivity index (χ1n) is 11.3. The Balaban J connectivity index is 1.35. The number of methoxy groups -OCH3 is 1. The first-order chi connectivity index (χ1) is 16.5. The van der Waals surface area contributed by atoms with Crippen LogP contribution in [0.2, 0.25) is 0 Å². The first kappa shape index (κ1) is 21.9. The molecule has 8 heteroatoms. The van der Waals surface area contributed by atoms with E-state index in [4.69, 9.17) is 13.9 Å². The van der Waals surface area contributed by atoms with Gasteiger partial charge in [-0.2, -0.15) is 0 Å². The third kappa shape index (κ3) is 3.85. The lowest BCUT2D eigenvalue weighted by atomic mass is 9.94. The van der Waals surface area contributed by atoms with E-state index >= 15 is 0 Å². The fourth-order valence-corrected chi connectivity index (χ4v) is 4.74. The Kier molecular flexibility index (Phi) is 5.65. The van der Waals surface area contributed by atoms with E-state index in [1.165, 1.54) is 36.3 Å². The maximum Gasteiger partial charge on any atom is 0.338 e. The zero-order valence-corrected chi connectivity index (χ0v) is 18.7. The first-order valence-corrected chi connectivity index (χ1v) is 11.3. The molecule has 3 aromatic rings. The van der Waals surface area contributed by atoms with Crippen LogP contribution in [0.15, 0.2) is 51.7 Å². The molecule has 0 radical (unpaired) electrons. The summed E-state index contributed by atoms with van der Waals surface area (Å²) in [5.41, 5.74) is 0.937. The minimum absolute atomic E-state index is 0.0896. The molecule has 2 heterocycles. The highest BCUT2D eigenvalue weighted by Crippen LogP contribution is 2.31. The number of ether oxygens (including phenoxy) is 2. The molecule has 0 spiro atoms. The predicted octanol–water partition coefficient (Wildman–Crippen LogP) is 4.09.